The molecule has 0 saturated carbocycles. The fraction of sp³-hybridized carbons (Fsp3) is 0.238. The van der Waals surface area contributed by atoms with Crippen LogP contribution in [0, 0.1) is 0 Å². The van der Waals surface area contributed by atoms with Crippen molar-refractivity contribution in [3.63, 3.8) is 0 Å². The molecule has 1 amide bonds. The molecule has 0 radical (unpaired) electrons. The van der Waals surface area contributed by atoms with Gasteiger partial charge in [0, 0.05) is 30.4 Å². The van der Waals surface area contributed by atoms with E-state index in [2.05, 4.69) is 25.5 Å². The third-order valence-electron chi connectivity index (χ3n) is 5.11. The van der Waals surface area contributed by atoms with Crippen LogP contribution in [0.4, 0.5) is 8.78 Å². The molecule has 0 aliphatic carbocycles. The summed E-state index contributed by atoms with van der Waals surface area (Å²) in [6.45, 7) is 1.95. The lowest BCUT2D eigenvalue weighted by Crippen LogP contribution is -2.41. The van der Waals surface area contributed by atoms with Gasteiger partial charge in [-0.2, -0.15) is 8.78 Å². The van der Waals surface area contributed by atoms with Crippen molar-refractivity contribution in [1.29, 1.82) is 0 Å². The molecule has 1 saturated heterocycles. The molecule has 0 spiro atoms. The number of likely N-dealkylation sites (tertiary alicyclic amines) is 1. The minimum absolute atomic E-state index is 0.0185. The molecule has 162 valence electrons. The lowest BCUT2D eigenvalue weighted by atomic mass is 10.1. The normalized spacial score (nSPS) is 13.4. The van der Waals surface area contributed by atoms with Crippen molar-refractivity contribution in [2.75, 3.05) is 13.1 Å². The van der Waals surface area contributed by atoms with Crippen LogP contribution in [-0.2, 0) is 6.54 Å². The Morgan fingerprint density at radius 3 is 2.66 bits per heavy atom. The summed E-state index contributed by atoms with van der Waals surface area (Å²) in [7, 11) is 0. The number of benzene rings is 1. The van der Waals surface area contributed by atoms with E-state index >= 15 is 0 Å². The summed E-state index contributed by atoms with van der Waals surface area (Å²) in [5.74, 6) is -0.721. The van der Waals surface area contributed by atoms with Gasteiger partial charge in [0.15, 0.2) is 0 Å². The average Bonchev–Trinajstić information content (AvgIpc) is 3.43. The van der Waals surface area contributed by atoms with Gasteiger partial charge in [-0.25, -0.2) is 4.68 Å². The SMILES string of the molecule is O=C(c1cccc(-c2cn(Cc3ccc(-c4nnc(C(F)F)o4)cn3)nn2)c1)N1CCC1. The molecule has 4 heterocycles. The van der Waals surface area contributed by atoms with Gasteiger partial charge in [0.1, 0.15) is 5.69 Å². The molecule has 4 aromatic rings. The van der Waals surface area contributed by atoms with Crippen LogP contribution in [0.5, 0.6) is 0 Å². The summed E-state index contributed by atoms with van der Waals surface area (Å²) in [6.07, 6.45) is 1.47. The van der Waals surface area contributed by atoms with Gasteiger partial charge in [-0.15, -0.1) is 15.3 Å². The molecule has 9 nitrogen and oxygen atoms in total. The highest BCUT2D eigenvalue weighted by molar-refractivity contribution is 5.95. The maximum absolute atomic E-state index is 12.6. The maximum Gasteiger partial charge on any atom is 0.314 e. The molecule has 11 heteroatoms. The van der Waals surface area contributed by atoms with Crippen LogP contribution in [0.25, 0.3) is 22.7 Å². The zero-order valence-electron chi connectivity index (χ0n) is 16.7. The lowest BCUT2D eigenvalue weighted by molar-refractivity contribution is 0.0652. The highest BCUT2D eigenvalue weighted by atomic mass is 19.3. The third-order valence-corrected chi connectivity index (χ3v) is 5.11. The van der Waals surface area contributed by atoms with Crippen molar-refractivity contribution >= 4 is 5.91 Å². The molecule has 1 fully saturated rings. The molecule has 1 aromatic carbocycles. The monoisotopic (exact) mass is 437 g/mol. The van der Waals surface area contributed by atoms with E-state index in [1.54, 1.807) is 29.1 Å². The van der Waals surface area contributed by atoms with Crippen molar-refractivity contribution in [2.45, 2.75) is 19.4 Å². The van der Waals surface area contributed by atoms with Crippen LogP contribution < -0.4 is 0 Å². The second kappa shape index (κ2) is 8.25. The summed E-state index contributed by atoms with van der Waals surface area (Å²) in [5, 5.41) is 15.3. The molecule has 1 aliphatic rings. The maximum atomic E-state index is 12.6. The van der Waals surface area contributed by atoms with Gasteiger partial charge in [0.05, 0.1) is 24.0 Å². The Morgan fingerprint density at radius 2 is 1.97 bits per heavy atom. The second-order valence-electron chi connectivity index (χ2n) is 7.31. The average molecular weight is 437 g/mol. The van der Waals surface area contributed by atoms with Crippen LogP contribution in [-0.4, -0.2) is 54.1 Å². The van der Waals surface area contributed by atoms with Gasteiger partial charge in [-0.05, 0) is 30.7 Å². The number of hydrogen-bond acceptors (Lipinski definition) is 7. The first kappa shape index (κ1) is 19.9. The summed E-state index contributed by atoms with van der Waals surface area (Å²) in [6, 6.07) is 10.7. The Labute approximate surface area is 180 Å². The largest absolute Gasteiger partial charge is 0.415 e. The molecule has 1 aliphatic heterocycles. The van der Waals surface area contributed by atoms with Gasteiger partial charge >= 0.3 is 6.43 Å². The lowest BCUT2D eigenvalue weighted by Gasteiger charge is -2.30. The van der Waals surface area contributed by atoms with E-state index in [9.17, 15) is 13.6 Å². The minimum Gasteiger partial charge on any atom is -0.415 e. The van der Waals surface area contributed by atoms with Crippen LogP contribution in [0.3, 0.4) is 0 Å². The van der Waals surface area contributed by atoms with Crippen LogP contribution in [0.1, 0.15) is 34.8 Å². The predicted molar refractivity (Wildman–Crippen MR) is 108 cm³/mol. The Balaban J connectivity index is 1.28. The molecular weight excluding hydrogens is 420 g/mol. The van der Waals surface area contributed by atoms with E-state index in [0.717, 1.165) is 25.1 Å². The third kappa shape index (κ3) is 3.96. The first-order valence-electron chi connectivity index (χ1n) is 9.93. The van der Waals surface area contributed by atoms with Crippen molar-refractivity contribution < 1.29 is 18.0 Å². The van der Waals surface area contributed by atoms with E-state index in [1.165, 1.54) is 6.20 Å². The standard InChI is InChI=1S/C21H17F2N7O2/c22-18(23)20-27-26-19(32-20)15-5-6-16(24-10-15)11-30-12-17(25-28-30)13-3-1-4-14(9-13)21(31)29-7-2-8-29/h1,3-6,9-10,12,18H,2,7-8,11H2. The number of pyridine rings is 1. The number of carbonyl (C=O) groups is 1. The van der Waals surface area contributed by atoms with Gasteiger partial charge < -0.3 is 9.32 Å². The van der Waals surface area contributed by atoms with Gasteiger partial charge in [-0.1, -0.05) is 17.3 Å². The molecule has 0 N–H and O–H groups in total. The smallest absolute Gasteiger partial charge is 0.314 e. The molecule has 0 bridgehead atoms. The van der Waals surface area contributed by atoms with Crippen molar-refractivity contribution in [1.82, 2.24) is 35.1 Å². The second-order valence-corrected chi connectivity index (χ2v) is 7.31. The molecule has 5 rings (SSSR count). The topological polar surface area (TPSA) is 103 Å². The van der Waals surface area contributed by atoms with Gasteiger partial charge in [0.2, 0.25) is 5.89 Å². The van der Waals surface area contributed by atoms with Crippen molar-refractivity contribution in [2.24, 2.45) is 0 Å². The summed E-state index contributed by atoms with van der Waals surface area (Å²) in [5.41, 5.74) is 3.20. The first-order chi connectivity index (χ1) is 15.6. The Kier molecular flexibility index (Phi) is 5.13. The number of nitrogens with zero attached hydrogens (tertiary/aromatic N) is 7. The highest BCUT2D eigenvalue weighted by Crippen LogP contribution is 2.23. The quantitative estimate of drug-likeness (QED) is 0.456. The van der Waals surface area contributed by atoms with Crippen LogP contribution in [0.15, 0.2) is 53.2 Å². The van der Waals surface area contributed by atoms with Crippen LogP contribution in [0.2, 0.25) is 0 Å². The fourth-order valence-electron chi connectivity index (χ4n) is 3.27. The van der Waals surface area contributed by atoms with Crippen molar-refractivity contribution in [3.8, 4) is 22.7 Å². The number of rotatable bonds is 6. The van der Waals surface area contributed by atoms with E-state index in [1.807, 2.05) is 23.1 Å². The zero-order valence-corrected chi connectivity index (χ0v) is 16.7. The number of alkyl halides is 2. The molecule has 0 atom stereocenters. The molecular formula is C21H17F2N7O2. The van der Waals surface area contributed by atoms with Crippen molar-refractivity contribution in [3.05, 3.63) is 65.9 Å². The van der Waals surface area contributed by atoms with Gasteiger partial charge in [0.25, 0.3) is 11.8 Å². The minimum atomic E-state index is -2.82. The zero-order chi connectivity index (χ0) is 22.1. The number of carbonyl (C=O) groups excluding carboxylic acids is 1. The number of halogens is 2. The molecule has 32 heavy (non-hydrogen) atoms. The number of aromatic nitrogens is 6. The molecule has 3 aromatic heterocycles. The predicted octanol–water partition coefficient (Wildman–Crippen LogP) is 3.22. The summed E-state index contributed by atoms with van der Waals surface area (Å²) >= 11 is 0. The van der Waals surface area contributed by atoms with E-state index in [-0.39, 0.29) is 11.8 Å². The summed E-state index contributed by atoms with van der Waals surface area (Å²) < 4.78 is 31.7. The Bertz CT molecular complexity index is 1250. The van der Waals surface area contributed by atoms with Crippen LogP contribution >= 0.6 is 0 Å². The highest BCUT2D eigenvalue weighted by Gasteiger charge is 2.22. The van der Waals surface area contributed by atoms with Gasteiger partial charge in [-0.3, -0.25) is 9.78 Å². The van der Waals surface area contributed by atoms with E-state index < -0.39 is 12.3 Å². The Hall–Kier alpha value is -4.02. The van der Waals surface area contributed by atoms with E-state index in [0.29, 0.717) is 29.1 Å². The molecule has 0 unspecified atom stereocenters. The number of hydrogen-bond donors (Lipinski definition) is 0. The first-order valence-corrected chi connectivity index (χ1v) is 9.93. The fourth-order valence-corrected chi connectivity index (χ4v) is 3.27. The number of amides is 1. The Morgan fingerprint density at radius 1 is 1.09 bits per heavy atom. The van der Waals surface area contributed by atoms with E-state index in [4.69, 9.17) is 4.42 Å². The summed E-state index contributed by atoms with van der Waals surface area (Å²) in [4.78, 5) is 18.6.